The van der Waals surface area contributed by atoms with E-state index in [1.807, 2.05) is 0 Å². The maximum absolute atomic E-state index is 5.78. The van der Waals surface area contributed by atoms with E-state index in [0.29, 0.717) is 0 Å². The highest BCUT2D eigenvalue weighted by Crippen LogP contribution is 2.26. The van der Waals surface area contributed by atoms with Gasteiger partial charge in [-0.25, -0.2) is 5.43 Å². The molecule has 0 aliphatic heterocycles. The van der Waals surface area contributed by atoms with Crippen molar-refractivity contribution >= 4 is 0 Å². The summed E-state index contributed by atoms with van der Waals surface area (Å²) in [4.78, 5) is 0. The Morgan fingerprint density at radius 1 is 1.05 bits per heavy atom. The van der Waals surface area contributed by atoms with Gasteiger partial charge in [0, 0.05) is 0 Å². The van der Waals surface area contributed by atoms with Crippen molar-refractivity contribution in [3.8, 4) is 0 Å². The fraction of sp³-hybridized carbons (Fsp3) is 0.294. The first kappa shape index (κ1) is 13.8. The van der Waals surface area contributed by atoms with Gasteiger partial charge in [0.05, 0.1) is 6.04 Å². The van der Waals surface area contributed by atoms with Crippen LogP contribution in [-0.2, 0) is 6.42 Å². The fourth-order valence-corrected chi connectivity index (χ4v) is 2.40. The molecule has 2 rings (SSSR count). The number of hydrazine groups is 1. The Morgan fingerprint density at radius 3 is 2.32 bits per heavy atom. The highest BCUT2D eigenvalue weighted by atomic mass is 15.2. The van der Waals surface area contributed by atoms with Crippen LogP contribution in [0.5, 0.6) is 0 Å². The van der Waals surface area contributed by atoms with E-state index < -0.39 is 0 Å². The zero-order valence-corrected chi connectivity index (χ0v) is 11.9. The lowest BCUT2D eigenvalue weighted by Crippen LogP contribution is -2.29. The molecule has 0 radical (unpaired) electrons. The van der Waals surface area contributed by atoms with E-state index in [4.69, 9.17) is 5.84 Å². The van der Waals surface area contributed by atoms with Crippen LogP contribution in [0, 0.1) is 13.8 Å². The zero-order chi connectivity index (χ0) is 13.8. The summed E-state index contributed by atoms with van der Waals surface area (Å²) in [7, 11) is 0. The quantitative estimate of drug-likeness (QED) is 0.648. The molecule has 0 saturated heterocycles. The molecule has 0 aliphatic rings. The predicted molar refractivity (Wildman–Crippen MR) is 80.9 cm³/mol. The number of nitrogens with one attached hydrogen (secondary N) is 1. The molecule has 0 spiro atoms. The van der Waals surface area contributed by atoms with E-state index in [-0.39, 0.29) is 6.04 Å². The molecule has 0 bridgehead atoms. The van der Waals surface area contributed by atoms with Crippen LogP contribution in [0.25, 0.3) is 0 Å². The van der Waals surface area contributed by atoms with Crippen molar-refractivity contribution in [1.29, 1.82) is 0 Å². The Balaban J connectivity index is 2.40. The summed E-state index contributed by atoms with van der Waals surface area (Å²) < 4.78 is 0. The molecule has 0 aromatic heterocycles. The SMILES string of the molecule is CCc1ccc(C(NN)c2cccc(C)c2C)cc1. The smallest absolute Gasteiger partial charge is 0.0712 e. The average molecular weight is 254 g/mol. The van der Waals surface area contributed by atoms with Crippen LogP contribution in [-0.4, -0.2) is 0 Å². The third kappa shape index (κ3) is 2.86. The number of aryl methyl sites for hydroxylation is 2. The Morgan fingerprint density at radius 2 is 1.74 bits per heavy atom. The third-order valence-electron chi connectivity index (χ3n) is 3.85. The van der Waals surface area contributed by atoms with Crippen LogP contribution in [0.4, 0.5) is 0 Å². The minimum Gasteiger partial charge on any atom is -0.271 e. The molecule has 2 nitrogen and oxygen atoms in total. The van der Waals surface area contributed by atoms with Gasteiger partial charge in [0.25, 0.3) is 0 Å². The predicted octanol–water partition coefficient (Wildman–Crippen LogP) is 3.42. The van der Waals surface area contributed by atoms with Gasteiger partial charge < -0.3 is 0 Å². The van der Waals surface area contributed by atoms with E-state index in [1.54, 1.807) is 0 Å². The lowest BCUT2D eigenvalue weighted by atomic mass is 9.92. The van der Waals surface area contributed by atoms with Gasteiger partial charge in [-0.15, -0.1) is 0 Å². The van der Waals surface area contributed by atoms with Gasteiger partial charge in [-0.3, -0.25) is 5.84 Å². The Bertz CT molecular complexity index is 544. The molecule has 0 saturated carbocycles. The van der Waals surface area contributed by atoms with Crippen molar-refractivity contribution in [2.24, 2.45) is 5.84 Å². The van der Waals surface area contributed by atoms with E-state index in [9.17, 15) is 0 Å². The molecule has 100 valence electrons. The number of rotatable bonds is 4. The van der Waals surface area contributed by atoms with Crippen LogP contribution in [0.3, 0.4) is 0 Å². The largest absolute Gasteiger partial charge is 0.271 e. The minimum absolute atomic E-state index is 0.0470. The lowest BCUT2D eigenvalue weighted by molar-refractivity contribution is 0.633. The van der Waals surface area contributed by atoms with Crippen molar-refractivity contribution in [2.75, 3.05) is 0 Å². The van der Waals surface area contributed by atoms with Gasteiger partial charge in [0.15, 0.2) is 0 Å². The summed E-state index contributed by atoms with van der Waals surface area (Å²) in [6.07, 6.45) is 1.06. The van der Waals surface area contributed by atoms with Crippen LogP contribution < -0.4 is 11.3 Å². The average Bonchev–Trinajstić information content (AvgIpc) is 2.45. The summed E-state index contributed by atoms with van der Waals surface area (Å²) >= 11 is 0. The third-order valence-corrected chi connectivity index (χ3v) is 3.85. The second-order valence-corrected chi connectivity index (χ2v) is 4.98. The van der Waals surface area contributed by atoms with Crippen molar-refractivity contribution in [3.63, 3.8) is 0 Å². The van der Waals surface area contributed by atoms with Gasteiger partial charge >= 0.3 is 0 Å². The molecule has 2 aromatic carbocycles. The molecular weight excluding hydrogens is 232 g/mol. The molecule has 1 atom stereocenters. The van der Waals surface area contributed by atoms with E-state index in [0.717, 1.165) is 6.42 Å². The molecule has 0 amide bonds. The zero-order valence-electron chi connectivity index (χ0n) is 11.9. The van der Waals surface area contributed by atoms with E-state index >= 15 is 0 Å². The maximum atomic E-state index is 5.78. The molecule has 0 fully saturated rings. The standard InChI is InChI=1S/C17H22N2/c1-4-14-8-10-15(11-9-14)17(19-18)16-7-5-6-12(2)13(16)3/h5-11,17,19H,4,18H2,1-3H3. The van der Waals surface area contributed by atoms with Gasteiger partial charge in [-0.05, 0) is 48.1 Å². The number of hydrogen-bond acceptors (Lipinski definition) is 2. The highest BCUT2D eigenvalue weighted by Gasteiger charge is 2.15. The van der Waals surface area contributed by atoms with Gasteiger partial charge in [-0.2, -0.15) is 0 Å². The second-order valence-electron chi connectivity index (χ2n) is 4.98. The van der Waals surface area contributed by atoms with E-state index in [1.165, 1.54) is 27.8 Å². The van der Waals surface area contributed by atoms with E-state index in [2.05, 4.69) is 68.7 Å². The molecular formula is C17H22N2. The normalized spacial score (nSPS) is 12.4. The van der Waals surface area contributed by atoms with Crippen molar-refractivity contribution < 1.29 is 0 Å². The van der Waals surface area contributed by atoms with Gasteiger partial charge in [-0.1, -0.05) is 49.4 Å². The summed E-state index contributed by atoms with van der Waals surface area (Å²) in [6, 6.07) is 15.1. The Labute approximate surface area is 115 Å². The first-order valence-electron chi connectivity index (χ1n) is 6.78. The lowest BCUT2D eigenvalue weighted by Gasteiger charge is -2.20. The molecule has 3 N–H and O–H groups in total. The highest BCUT2D eigenvalue weighted by molar-refractivity contribution is 5.41. The molecule has 2 heteroatoms. The van der Waals surface area contributed by atoms with Crippen molar-refractivity contribution in [3.05, 3.63) is 70.3 Å². The molecule has 0 heterocycles. The fourth-order valence-electron chi connectivity index (χ4n) is 2.40. The molecule has 19 heavy (non-hydrogen) atoms. The van der Waals surface area contributed by atoms with Crippen molar-refractivity contribution in [1.82, 2.24) is 5.43 Å². The first-order chi connectivity index (χ1) is 9.17. The summed E-state index contributed by atoms with van der Waals surface area (Å²) in [5.41, 5.74) is 9.32. The Kier molecular flexibility index (Phi) is 4.35. The van der Waals surface area contributed by atoms with Gasteiger partial charge in [0.1, 0.15) is 0 Å². The number of hydrogen-bond donors (Lipinski definition) is 2. The Hall–Kier alpha value is -1.64. The van der Waals surface area contributed by atoms with Gasteiger partial charge in [0.2, 0.25) is 0 Å². The topological polar surface area (TPSA) is 38.0 Å². The summed E-state index contributed by atoms with van der Waals surface area (Å²) in [5.74, 6) is 5.78. The first-order valence-corrected chi connectivity index (χ1v) is 6.78. The minimum atomic E-state index is 0.0470. The van der Waals surface area contributed by atoms with Crippen LogP contribution >= 0.6 is 0 Å². The molecule has 0 aliphatic carbocycles. The summed E-state index contributed by atoms with van der Waals surface area (Å²) in [5, 5.41) is 0. The van der Waals surface area contributed by atoms with Crippen LogP contribution in [0.2, 0.25) is 0 Å². The molecule has 2 aromatic rings. The second kappa shape index (κ2) is 6.00. The van der Waals surface area contributed by atoms with Crippen LogP contribution in [0.1, 0.15) is 40.8 Å². The van der Waals surface area contributed by atoms with Crippen LogP contribution in [0.15, 0.2) is 42.5 Å². The number of benzene rings is 2. The summed E-state index contributed by atoms with van der Waals surface area (Å²) in [6.45, 7) is 6.44. The maximum Gasteiger partial charge on any atom is 0.0712 e. The monoisotopic (exact) mass is 254 g/mol. The van der Waals surface area contributed by atoms with Crippen molar-refractivity contribution in [2.45, 2.75) is 33.2 Å². The number of nitrogens with two attached hydrogens (primary N) is 1. The molecule has 1 unspecified atom stereocenters.